The van der Waals surface area contributed by atoms with Crippen molar-refractivity contribution < 1.29 is 18.1 Å². The van der Waals surface area contributed by atoms with Crippen molar-refractivity contribution in [1.82, 2.24) is 8.87 Å². The first-order chi connectivity index (χ1) is 15.7. The lowest BCUT2D eigenvalue weighted by molar-refractivity contribution is -0.384. The Morgan fingerprint density at radius 1 is 1.27 bits per heavy atom. The van der Waals surface area contributed by atoms with Crippen LogP contribution in [0.25, 0.3) is 10.2 Å². The van der Waals surface area contributed by atoms with Crippen LogP contribution in [0, 0.1) is 16.0 Å². The summed E-state index contributed by atoms with van der Waals surface area (Å²) in [7, 11) is -3.75. The molecule has 1 aromatic heterocycles. The van der Waals surface area contributed by atoms with Crippen molar-refractivity contribution in [3.05, 3.63) is 62.4 Å². The van der Waals surface area contributed by atoms with Gasteiger partial charge in [0.05, 0.1) is 26.0 Å². The van der Waals surface area contributed by atoms with Crippen LogP contribution >= 0.6 is 22.9 Å². The van der Waals surface area contributed by atoms with E-state index in [4.69, 9.17) is 11.6 Å². The number of thiazole rings is 1. The van der Waals surface area contributed by atoms with E-state index < -0.39 is 26.8 Å². The predicted molar refractivity (Wildman–Crippen MR) is 126 cm³/mol. The van der Waals surface area contributed by atoms with Crippen LogP contribution in [0.3, 0.4) is 0 Å². The Morgan fingerprint density at radius 2 is 2.00 bits per heavy atom. The summed E-state index contributed by atoms with van der Waals surface area (Å²) in [5, 5.41) is 11.5. The molecule has 12 heteroatoms. The van der Waals surface area contributed by atoms with Crippen LogP contribution in [0.2, 0.25) is 5.02 Å². The van der Waals surface area contributed by atoms with E-state index in [-0.39, 0.29) is 17.1 Å². The van der Waals surface area contributed by atoms with Gasteiger partial charge >= 0.3 is 0 Å². The molecule has 0 spiro atoms. The van der Waals surface area contributed by atoms with Crippen molar-refractivity contribution in [3.63, 3.8) is 0 Å². The number of non-ortho nitro benzene ring substituents is 1. The largest absolute Gasteiger partial charge is 0.317 e. The molecule has 174 valence electrons. The average Bonchev–Trinajstić information content (AvgIpc) is 3.15. The third-order valence-electron chi connectivity index (χ3n) is 5.58. The summed E-state index contributed by atoms with van der Waals surface area (Å²) >= 11 is 7.07. The molecule has 1 aliphatic heterocycles. The van der Waals surface area contributed by atoms with Gasteiger partial charge in [-0.1, -0.05) is 22.9 Å². The van der Waals surface area contributed by atoms with Crippen LogP contribution in [0.1, 0.15) is 19.8 Å². The first kappa shape index (κ1) is 23.6. The van der Waals surface area contributed by atoms with Crippen LogP contribution in [0.5, 0.6) is 0 Å². The normalized spacial score (nSPS) is 18.0. The molecule has 2 aromatic carbocycles. The summed E-state index contributed by atoms with van der Waals surface area (Å²) < 4.78 is 29.8. The highest BCUT2D eigenvalue weighted by molar-refractivity contribution is 7.89. The quantitative estimate of drug-likeness (QED) is 0.384. The van der Waals surface area contributed by atoms with Gasteiger partial charge in [0.15, 0.2) is 4.80 Å². The number of benzene rings is 2. The first-order valence-corrected chi connectivity index (χ1v) is 13.0. The van der Waals surface area contributed by atoms with Crippen molar-refractivity contribution in [2.45, 2.75) is 31.2 Å². The number of halogens is 1. The van der Waals surface area contributed by atoms with Gasteiger partial charge in [0.1, 0.15) is 0 Å². The van der Waals surface area contributed by atoms with Crippen LogP contribution in [-0.2, 0) is 21.4 Å². The van der Waals surface area contributed by atoms with Gasteiger partial charge in [0.25, 0.3) is 11.6 Å². The number of carbonyl (C=O) groups excluding carboxylic acids is 1. The second-order valence-corrected chi connectivity index (χ2v) is 11.0. The minimum atomic E-state index is -3.75. The number of aryl methyl sites for hydroxylation is 1. The van der Waals surface area contributed by atoms with E-state index in [9.17, 15) is 23.3 Å². The van der Waals surface area contributed by atoms with E-state index in [2.05, 4.69) is 4.99 Å². The zero-order valence-electron chi connectivity index (χ0n) is 17.7. The summed E-state index contributed by atoms with van der Waals surface area (Å²) in [5.74, 6) is -0.958. The van der Waals surface area contributed by atoms with E-state index in [0.717, 1.165) is 5.52 Å². The van der Waals surface area contributed by atoms with Crippen molar-refractivity contribution in [2.75, 3.05) is 13.1 Å². The number of hydrogen-bond acceptors (Lipinski definition) is 6. The number of piperidine rings is 1. The topological polar surface area (TPSA) is 115 Å². The number of amides is 1. The highest BCUT2D eigenvalue weighted by Gasteiger charge is 2.33. The maximum Gasteiger partial charge on any atom is 0.270 e. The van der Waals surface area contributed by atoms with Gasteiger partial charge in [0, 0.05) is 36.8 Å². The molecule has 1 atom stereocenters. The number of rotatable bonds is 5. The first-order valence-electron chi connectivity index (χ1n) is 10.3. The fraction of sp³-hybridized carbons (Fsp3) is 0.333. The van der Waals surface area contributed by atoms with E-state index in [1.165, 1.54) is 52.0 Å². The fourth-order valence-electron chi connectivity index (χ4n) is 3.87. The number of carbonyl (C=O) groups is 1. The molecule has 2 heterocycles. The molecule has 1 saturated heterocycles. The zero-order valence-corrected chi connectivity index (χ0v) is 20.1. The minimum absolute atomic E-state index is 0.0276. The maximum absolute atomic E-state index is 13.0. The Balaban J connectivity index is 1.62. The predicted octanol–water partition coefficient (Wildman–Crippen LogP) is 3.81. The van der Waals surface area contributed by atoms with Gasteiger partial charge in [-0.15, -0.1) is 0 Å². The Bertz CT molecular complexity index is 1400. The SMILES string of the molecule is CCn1c(=NC(=O)C2CCCN(S(=O)(=O)c3ccc(Cl)cc3)C2)sc2cc([N+](=O)[O-])ccc21. The summed E-state index contributed by atoms with van der Waals surface area (Å²) in [4.78, 5) is 28.5. The van der Waals surface area contributed by atoms with Gasteiger partial charge in [-0.05, 0) is 50.1 Å². The summed E-state index contributed by atoms with van der Waals surface area (Å²) in [6, 6.07) is 10.5. The number of nitrogens with zero attached hydrogens (tertiary/aromatic N) is 4. The van der Waals surface area contributed by atoms with E-state index in [1.807, 2.05) is 11.5 Å². The van der Waals surface area contributed by atoms with Gasteiger partial charge in [0.2, 0.25) is 10.0 Å². The second-order valence-electron chi connectivity index (χ2n) is 7.64. The smallest absolute Gasteiger partial charge is 0.270 e. The maximum atomic E-state index is 13.0. The number of nitro groups is 1. The van der Waals surface area contributed by atoms with Gasteiger partial charge < -0.3 is 4.57 Å². The van der Waals surface area contributed by atoms with E-state index >= 15 is 0 Å². The Morgan fingerprint density at radius 3 is 2.67 bits per heavy atom. The average molecular weight is 509 g/mol. The van der Waals surface area contributed by atoms with Gasteiger partial charge in [-0.25, -0.2) is 8.42 Å². The standard InChI is InChI=1S/C21H21ClN4O5S2/c1-2-25-18-10-7-16(26(28)29)12-19(18)32-21(25)23-20(27)14-4-3-11-24(13-14)33(30,31)17-8-5-15(22)6-9-17/h5-10,12,14H,2-4,11,13H2,1H3. The third-order valence-corrected chi connectivity index (χ3v) is 8.76. The number of aromatic nitrogens is 1. The van der Waals surface area contributed by atoms with Crippen LogP contribution in [0.4, 0.5) is 5.69 Å². The lowest BCUT2D eigenvalue weighted by Crippen LogP contribution is -2.42. The van der Waals surface area contributed by atoms with Crippen molar-refractivity contribution in [2.24, 2.45) is 10.9 Å². The Labute approximate surface area is 199 Å². The van der Waals surface area contributed by atoms with Gasteiger partial charge in [-0.3, -0.25) is 14.9 Å². The van der Waals surface area contributed by atoms with Gasteiger partial charge in [-0.2, -0.15) is 9.30 Å². The number of fused-ring (bicyclic) bond motifs is 1. The van der Waals surface area contributed by atoms with Crippen molar-refractivity contribution in [3.8, 4) is 0 Å². The van der Waals surface area contributed by atoms with Crippen LogP contribution in [0.15, 0.2) is 52.4 Å². The lowest BCUT2D eigenvalue weighted by atomic mass is 9.99. The molecule has 0 bridgehead atoms. The molecule has 1 unspecified atom stereocenters. The summed E-state index contributed by atoms with van der Waals surface area (Å²) in [6.07, 6.45) is 1.09. The van der Waals surface area contributed by atoms with E-state index in [1.54, 1.807) is 6.07 Å². The molecule has 4 rings (SSSR count). The Kier molecular flexibility index (Phi) is 6.66. The third kappa shape index (κ3) is 4.72. The fourth-order valence-corrected chi connectivity index (χ4v) is 6.65. The lowest BCUT2D eigenvalue weighted by Gasteiger charge is -2.30. The minimum Gasteiger partial charge on any atom is -0.317 e. The number of sulfonamides is 1. The molecule has 0 aliphatic carbocycles. The van der Waals surface area contributed by atoms with Crippen LogP contribution in [-0.4, -0.2) is 41.2 Å². The van der Waals surface area contributed by atoms with Crippen molar-refractivity contribution >= 4 is 54.8 Å². The van der Waals surface area contributed by atoms with Crippen LogP contribution < -0.4 is 4.80 Å². The monoisotopic (exact) mass is 508 g/mol. The molecular formula is C21H21ClN4O5S2. The summed E-state index contributed by atoms with van der Waals surface area (Å²) in [5.41, 5.74) is 0.732. The molecule has 1 aliphatic rings. The molecule has 0 radical (unpaired) electrons. The second kappa shape index (κ2) is 9.34. The molecular weight excluding hydrogens is 488 g/mol. The highest BCUT2D eigenvalue weighted by atomic mass is 35.5. The molecule has 9 nitrogen and oxygen atoms in total. The molecule has 1 fully saturated rings. The van der Waals surface area contributed by atoms with Crippen molar-refractivity contribution in [1.29, 1.82) is 0 Å². The highest BCUT2D eigenvalue weighted by Crippen LogP contribution is 2.26. The molecule has 0 saturated carbocycles. The Hall–Kier alpha value is -2.60. The molecule has 0 N–H and O–H groups in total. The number of hydrogen-bond donors (Lipinski definition) is 0. The molecule has 3 aromatic rings. The molecule has 1 amide bonds. The van der Waals surface area contributed by atoms with E-state index in [0.29, 0.717) is 40.5 Å². The number of nitro benzene ring substituents is 1. The molecule has 33 heavy (non-hydrogen) atoms. The zero-order chi connectivity index (χ0) is 23.8. The summed E-state index contributed by atoms with van der Waals surface area (Å²) in [6.45, 7) is 2.82.